The first kappa shape index (κ1) is 87.6. The number of nitrogens with two attached hydrogens (primary N) is 1. The zero-order valence-corrected chi connectivity index (χ0v) is 59.2. The maximum Gasteiger partial charge on any atom is 0.303 e. The average molecular weight is 1260 g/mol. The van der Waals surface area contributed by atoms with E-state index >= 15 is 0 Å². The van der Waals surface area contributed by atoms with E-state index in [1.54, 1.807) is 69.2 Å². The van der Waals surface area contributed by atoms with Crippen molar-refractivity contribution >= 4 is 5.97 Å². The van der Waals surface area contributed by atoms with Gasteiger partial charge in [-0.3, -0.25) is 10.5 Å². The summed E-state index contributed by atoms with van der Waals surface area (Å²) < 4.78 is 114. The van der Waals surface area contributed by atoms with Gasteiger partial charge >= 0.3 is 11.8 Å². The third-order valence-electron chi connectivity index (χ3n) is 14.8. The van der Waals surface area contributed by atoms with E-state index in [0.29, 0.717) is 12.8 Å². The number of carboxylic acid groups (broad SMARTS) is 1. The molecule has 0 amide bonds. The van der Waals surface area contributed by atoms with E-state index in [2.05, 4.69) is 26.0 Å². The fourth-order valence-electron chi connectivity index (χ4n) is 11.9. The van der Waals surface area contributed by atoms with Gasteiger partial charge in [-0.1, -0.05) is 122 Å². The van der Waals surface area contributed by atoms with Gasteiger partial charge in [0.15, 0.2) is 0 Å². The van der Waals surface area contributed by atoms with Gasteiger partial charge < -0.3 is 80.9 Å². The predicted molar refractivity (Wildman–Crippen MR) is 346 cm³/mol. The van der Waals surface area contributed by atoms with Crippen LogP contribution in [0.3, 0.4) is 0 Å². The normalized spacial score (nSPS) is 13.3. The summed E-state index contributed by atoms with van der Waals surface area (Å²) in [5, 5.41) is 8.51. The molecule has 0 fully saturated rings. The molecule has 3 N–H and O–H groups in total. The summed E-state index contributed by atoms with van der Waals surface area (Å²) in [6.45, 7) is 33.3. The lowest BCUT2D eigenvalue weighted by molar-refractivity contribution is -0.620. The number of ether oxygens (including phenoxy) is 16. The van der Waals surface area contributed by atoms with Crippen LogP contribution in [0.1, 0.15) is 272 Å². The molecule has 0 bridgehead atoms. The van der Waals surface area contributed by atoms with E-state index in [4.69, 9.17) is 86.6 Å². The number of unbranched alkanes of at least 4 members (excludes halogenated alkanes) is 18. The van der Waals surface area contributed by atoms with Crippen LogP contribution in [-0.4, -0.2) is 163 Å². The average Bonchev–Trinajstić information content (AvgIpc) is 0.665. The summed E-state index contributed by atoms with van der Waals surface area (Å²) >= 11 is 0. The van der Waals surface area contributed by atoms with Crippen LogP contribution in [0, 0.1) is 0 Å². The Morgan fingerprint density at radius 3 is 0.805 bits per heavy atom. The van der Waals surface area contributed by atoms with Crippen LogP contribution in [0.4, 0.5) is 0 Å². The van der Waals surface area contributed by atoms with Gasteiger partial charge in [0.2, 0.25) is 5.79 Å². The maximum absolute atomic E-state index is 10.3. The Kier molecular flexibility index (Phi) is 52.3. The number of carboxylic acids is 1. The van der Waals surface area contributed by atoms with E-state index in [1.165, 1.54) is 96.3 Å². The van der Waals surface area contributed by atoms with Crippen molar-refractivity contribution in [2.45, 2.75) is 319 Å². The number of hydrogen-bond donors (Lipinski definition) is 2. The minimum atomic E-state index is -2.64. The monoisotopic (exact) mass is 1260 g/mol. The van der Waals surface area contributed by atoms with Gasteiger partial charge in [0.1, 0.15) is 0 Å². The Hall–Kier alpha value is -1.47. The fraction of sp³-hybridized carbons (Fsp3) is 0.956. The molecule has 0 saturated heterocycles. The van der Waals surface area contributed by atoms with Crippen LogP contribution < -0.4 is 5.73 Å². The summed E-state index contributed by atoms with van der Waals surface area (Å²) in [5.74, 6) is -19.9. The second kappa shape index (κ2) is 52.0. The van der Waals surface area contributed by atoms with Gasteiger partial charge in [-0.2, -0.15) is 0 Å². The zero-order chi connectivity index (χ0) is 65.9. The largest absolute Gasteiger partial charge is 0.481 e. The Morgan fingerprint density at radius 1 is 0.287 bits per heavy atom. The first-order chi connectivity index (χ1) is 42.1. The van der Waals surface area contributed by atoms with Crippen molar-refractivity contribution < 1.29 is 85.7 Å². The quantitative estimate of drug-likeness (QED) is 0.0329. The first-order valence-corrected chi connectivity index (χ1v) is 34.9. The Bertz CT molecular complexity index is 1560. The molecule has 0 atom stereocenters. The van der Waals surface area contributed by atoms with Crippen molar-refractivity contribution in [3.05, 3.63) is 12.2 Å². The van der Waals surface area contributed by atoms with Crippen molar-refractivity contribution in [3.8, 4) is 0 Å². The molecule has 522 valence electrons. The smallest absolute Gasteiger partial charge is 0.303 e. The number of carbonyl (C=O) groups is 1. The van der Waals surface area contributed by atoms with Gasteiger partial charge in [0.05, 0.1) is 0 Å². The molecule has 0 aliphatic rings. The lowest BCUT2D eigenvalue weighted by Gasteiger charge is -2.67. The van der Waals surface area contributed by atoms with E-state index in [0.717, 1.165) is 32.1 Å². The fourth-order valence-corrected chi connectivity index (χ4v) is 11.9. The molecule has 0 unspecified atom stereocenters. The second-order valence-corrected chi connectivity index (χ2v) is 21.0. The van der Waals surface area contributed by atoms with E-state index < -0.39 is 52.4 Å². The Labute approximate surface area is 532 Å². The summed E-state index contributed by atoms with van der Waals surface area (Å²) in [6.07, 6.45) is 29.9. The lowest BCUT2D eigenvalue weighted by atomic mass is 9.75. The highest BCUT2D eigenvalue weighted by Crippen LogP contribution is 2.63. The van der Waals surface area contributed by atoms with Gasteiger partial charge in [-0.15, -0.1) is 0 Å². The van der Waals surface area contributed by atoms with Crippen LogP contribution in [0.25, 0.3) is 0 Å². The molecule has 19 nitrogen and oxygen atoms in total. The zero-order valence-electron chi connectivity index (χ0n) is 59.2. The molecule has 0 radical (unpaired) electrons. The molecular formula is C68H137NO18. The van der Waals surface area contributed by atoms with Crippen molar-refractivity contribution in [3.63, 3.8) is 0 Å². The molecule has 87 heavy (non-hydrogen) atoms. The minimum absolute atomic E-state index is 0.0358. The summed E-state index contributed by atoms with van der Waals surface area (Å²) in [6, 6.07) is 0. The van der Waals surface area contributed by atoms with Crippen molar-refractivity contribution in [1.82, 2.24) is 0 Å². The van der Waals surface area contributed by atoms with Crippen LogP contribution in [0.5, 0.6) is 0 Å². The molecular weight excluding hydrogens is 1120 g/mol. The molecule has 0 spiro atoms. The third kappa shape index (κ3) is 24.4. The van der Waals surface area contributed by atoms with E-state index in [9.17, 15) is 4.79 Å². The highest BCUT2D eigenvalue weighted by atomic mass is 16.9. The molecule has 19 heteroatoms. The maximum atomic E-state index is 10.3. The highest BCUT2D eigenvalue weighted by molar-refractivity contribution is 5.66. The van der Waals surface area contributed by atoms with Crippen LogP contribution in [-0.2, 0) is 80.6 Å². The molecule has 0 aromatic carbocycles. The van der Waals surface area contributed by atoms with Gasteiger partial charge in [0.25, 0.3) is 34.8 Å². The van der Waals surface area contributed by atoms with Gasteiger partial charge in [-0.05, 0) is 149 Å². The topological polar surface area (TPSA) is 211 Å². The Morgan fingerprint density at radius 2 is 0.517 bits per heavy atom. The highest BCUT2D eigenvalue weighted by Gasteiger charge is 2.92. The number of rotatable bonds is 63. The SMILES string of the molecule is CCCCCCCC/C=C\CCCCCCCC(=O)O.CCCCCCCCCCC(OCC)(OCC)C(OCC)(OCC)C(OCC)(OCC)C(OCC)(OCC)C(OCC)(OCC)C(OCC)(OCC)C(OCC)(OCC)C(N)(OCC)OCC. The summed E-state index contributed by atoms with van der Waals surface area (Å²) in [5.41, 5.74) is 7.47. The molecule has 0 aromatic heterocycles. The molecule has 0 aromatic rings. The summed E-state index contributed by atoms with van der Waals surface area (Å²) in [7, 11) is 0. The molecule has 0 rings (SSSR count). The molecule has 0 saturated carbocycles. The third-order valence-corrected chi connectivity index (χ3v) is 14.8. The van der Waals surface area contributed by atoms with Crippen LogP contribution in [0.2, 0.25) is 0 Å². The Balaban J connectivity index is 0. The molecule has 0 heterocycles. The number of allylic oxidation sites excluding steroid dienone is 2. The van der Waals surface area contributed by atoms with E-state index in [-0.39, 0.29) is 112 Å². The summed E-state index contributed by atoms with van der Waals surface area (Å²) in [4.78, 5) is 10.3. The first-order valence-electron chi connectivity index (χ1n) is 34.9. The van der Waals surface area contributed by atoms with Crippen LogP contribution >= 0.6 is 0 Å². The molecule has 0 aliphatic carbocycles. The van der Waals surface area contributed by atoms with Crippen molar-refractivity contribution in [1.29, 1.82) is 0 Å². The van der Waals surface area contributed by atoms with Gasteiger partial charge in [-0.25, -0.2) is 0 Å². The van der Waals surface area contributed by atoms with Crippen molar-refractivity contribution in [2.75, 3.05) is 106 Å². The van der Waals surface area contributed by atoms with E-state index in [1.807, 2.05) is 41.5 Å². The van der Waals surface area contributed by atoms with Crippen LogP contribution in [0.15, 0.2) is 12.2 Å². The second-order valence-electron chi connectivity index (χ2n) is 21.0. The number of aliphatic carboxylic acids is 1. The predicted octanol–water partition coefficient (Wildman–Crippen LogP) is 15.7. The standard InChI is InChI=1S/C50H103NO16.C18H34O2/c1-18-35-36-37-38-39-40-41-42-43(52-19-2,53-20-3)44(54-21-4,55-22-5)45(56-23-6,57-24-7)46(58-25-8,59-26-9)47(60-27-10,61-28-11)48(62-29-12,63-30-13)49(64-31-14,65-32-15)50(51,66-33-16)67-34-17;1-2-3-4-5-6-7-8-9-10-11-12-13-14-15-16-17-18(19)20/h18-42,51H2,1-17H3;9-10H,2-8,11-17H2,1H3,(H,19,20)/b;10-9-. The molecule has 0 aliphatic heterocycles. The lowest BCUT2D eigenvalue weighted by Crippen LogP contribution is -2.93. The van der Waals surface area contributed by atoms with Crippen molar-refractivity contribution in [2.24, 2.45) is 5.73 Å². The number of hydrogen-bond acceptors (Lipinski definition) is 18. The van der Waals surface area contributed by atoms with Gasteiger partial charge in [0, 0.05) is 119 Å². The minimum Gasteiger partial charge on any atom is -0.481 e.